The van der Waals surface area contributed by atoms with Crippen LogP contribution >= 0.6 is 0 Å². The fraction of sp³-hybridized carbons (Fsp3) is 0.400. The van der Waals surface area contributed by atoms with Crippen LogP contribution in [0.2, 0.25) is 0 Å². The van der Waals surface area contributed by atoms with E-state index in [2.05, 4.69) is 15.2 Å². The van der Waals surface area contributed by atoms with Gasteiger partial charge in [-0.25, -0.2) is 0 Å². The summed E-state index contributed by atoms with van der Waals surface area (Å²) in [5.74, 6) is 0.889. The predicted molar refractivity (Wildman–Crippen MR) is 97.4 cm³/mol. The topological polar surface area (TPSA) is 67.3 Å². The summed E-state index contributed by atoms with van der Waals surface area (Å²) in [6.45, 7) is 7.45. The SMILES string of the molecule is Cc1noc(C)c1CN1CCCn2nc(C(O)c3ccccc3)cc2C1. The second-order valence-corrected chi connectivity index (χ2v) is 6.96. The highest BCUT2D eigenvalue weighted by Gasteiger charge is 2.22. The fourth-order valence-electron chi connectivity index (χ4n) is 3.58. The average Bonchev–Trinajstić information content (AvgIpc) is 3.13. The van der Waals surface area contributed by atoms with E-state index in [0.29, 0.717) is 5.69 Å². The summed E-state index contributed by atoms with van der Waals surface area (Å²) < 4.78 is 7.33. The maximum Gasteiger partial charge on any atom is 0.138 e. The number of hydrogen-bond donors (Lipinski definition) is 1. The van der Waals surface area contributed by atoms with E-state index in [1.165, 1.54) is 5.56 Å². The van der Waals surface area contributed by atoms with Crippen LogP contribution in [0.25, 0.3) is 0 Å². The third-order valence-electron chi connectivity index (χ3n) is 5.07. The summed E-state index contributed by atoms with van der Waals surface area (Å²) in [4.78, 5) is 2.39. The first-order valence-electron chi connectivity index (χ1n) is 9.05. The number of fused-ring (bicyclic) bond motifs is 1. The molecule has 136 valence electrons. The molecule has 1 atom stereocenters. The number of hydrogen-bond acceptors (Lipinski definition) is 5. The van der Waals surface area contributed by atoms with E-state index in [1.807, 2.05) is 54.9 Å². The van der Waals surface area contributed by atoms with Crippen LogP contribution in [0.4, 0.5) is 0 Å². The predicted octanol–water partition coefficient (Wildman–Crippen LogP) is 2.98. The smallest absolute Gasteiger partial charge is 0.138 e. The molecule has 0 saturated carbocycles. The number of aliphatic hydroxyl groups is 1. The van der Waals surface area contributed by atoms with Crippen molar-refractivity contribution >= 4 is 0 Å². The summed E-state index contributed by atoms with van der Waals surface area (Å²) in [5.41, 5.74) is 4.85. The van der Waals surface area contributed by atoms with Gasteiger partial charge in [-0.3, -0.25) is 9.58 Å². The maximum atomic E-state index is 10.6. The van der Waals surface area contributed by atoms with Gasteiger partial charge in [0.15, 0.2) is 0 Å². The van der Waals surface area contributed by atoms with Gasteiger partial charge >= 0.3 is 0 Å². The molecule has 0 bridgehead atoms. The first kappa shape index (κ1) is 17.0. The number of nitrogens with zero attached hydrogens (tertiary/aromatic N) is 4. The summed E-state index contributed by atoms with van der Waals surface area (Å²) >= 11 is 0. The molecule has 1 aliphatic rings. The lowest BCUT2D eigenvalue weighted by Crippen LogP contribution is -2.23. The van der Waals surface area contributed by atoms with E-state index >= 15 is 0 Å². The van der Waals surface area contributed by atoms with Crippen molar-refractivity contribution in [2.45, 2.75) is 46.0 Å². The van der Waals surface area contributed by atoms with Crippen molar-refractivity contribution < 1.29 is 9.63 Å². The van der Waals surface area contributed by atoms with Gasteiger partial charge in [0.25, 0.3) is 0 Å². The Labute approximate surface area is 153 Å². The van der Waals surface area contributed by atoms with Crippen molar-refractivity contribution in [2.24, 2.45) is 0 Å². The zero-order valence-electron chi connectivity index (χ0n) is 15.2. The molecule has 4 rings (SSSR count). The van der Waals surface area contributed by atoms with E-state index in [0.717, 1.165) is 55.3 Å². The molecule has 6 heteroatoms. The minimum Gasteiger partial charge on any atom is -0.382 e. The molecular weight excluding hydrogens is 328 g/mol. The largest absolute Gasteiger partial charge is 0.382 e. The first-order chi connectivity index (χ1) is 12.6. The Morgan fingerprint density at radius 3 is 2.73 bits per heavy atom. The molecule has 2 aromatic heterocycles. The van der Waals surface area contributed by atoms with E-state index in [-0.39, 0.29) is 0 Å². The lowest BCUT2D eigenvalue weighted by molar-refractivity contribution is 0.213. The van der Waals surface area contributed by atoms with E-state index in [1.54, 1.807) is 0 Å². The van der Waals surface area contributed by atoms with E-state index in [4.69, 9.17) is 4.52 Å². The molecular formula is C20H24N4O2. The first-order valence-corrected chi connectivity index (χ1v) is 9.05. The standard InChI is InChI=1S/C20H24N4O2/c1-14-18(15(2)26-22-14)13-23-9-6-10-24-17(12-23)11-19(21-24)20(25)16-7-4-3-5-8-16/h3-5,7-8,11,20,25H,6,9-10,12-13H2,1-2H3. The van der Waals surface area contributed by atoms with Crippen LogP contribution in [0.3, 0.4) is 0 Å². The fourth-order valence-corrected chi connectivity index (χ4v) is 3.58. The van der Waals surface area contributed by atoms with Crippen LogP contribution in [-0.2, 0) is 19.6 Å². The van der Waals surface area contributed by atoms with E-state index in [9.17, 15) is 5.11 Å². The van der Waals surface area contributed by atoms with Crippen molar-refractivity contribution in [1.82, 2.24) is 19.8 Å². The summed E-state index contributed by atoms with van der Waals surface area (Å²) in [6, 6.07) is 11.7. The Kier molecular flexibility index (Phi) is 4.61. The second kappa shape index (κ2) is 7.05. The normalized spacial score (nSPS) is 16.3. The van der Waals surface area contributed by atoms with Crippen molar-refractivity contribution in [2.75, 3.05) is 6.54 Å². The Bertz CT molecular complexity index is 865. The highest BCUT2D eigenvalue weighted by Crippen LogP contribution is 2.24. The van der Waals surface area contributed by atoms with Crippen LogP contribution in [0, 0.1) is 13.8 Å². The van der Waals surface area contributed by atoms with Crippen LogP contribution in [0.5, 0.6) is 0 Å². The Balaban J connectivity index is 1.54. The monoisotopic (exact) mass is 352 g/mol. The van der Waals surface area contributed by atoms with Gasteiger partial charge in [-0.1, -0.05) is 35.5 Å². The van der Waals surface area contributed by atoms with Crippen molar-refractivity contribution in [3.8, 4) is 0 Å². The molecule has 0 radical (unpaired) electrons. The molecule has 0 saturated heterocycles. The molecule has 1 aromatic carbocycles. The molecule has 0 amide bonds. The van der Waals surface area contributed by atoms with Gasteiger partial charge in [0.2, 0.25) is 0 Å². The van der Waals surface area contributed by atoms with Crippen molar-refractivity contribution in [3.05, 3.63) is 70.4 Å². The van der Waals surface area contributed by atoms with Crippen molar-refractivity contribution in [3.63, 3.8) is 0 Å². The summed E-state index contributed by atoms with van der Waals surface area (Å²) in [7, 11) is 0. The Morgan fingerprint density at radius 2 is 2.00 bits per heavy atom. The zero-order valence-corrected chi connectivity index (χ0v) is 15.2. The van der Waals surface area contributed by atoms with Gasteiger partial charge in [0.05, 0.1) is 17.1 Å². The zero-order chi connectivity index (χ0) is 18.1. The van der Waals surface area contributed by atoms with Crippen LogP contribution in [0.1, 0.15) is 46.5 Å². The van der Waals surface area contributed by atoms with Crippen molar-refractivity contribution in [1.29, 1.82) is 0 Å². The number of aryl methyl sites for hydroxylation is 3. The summed E-state index contributed by atoms with van der Waals surface area (Å²) in [6.07, 6.45) is 0.338. The number of benzene rings is 1. The molecule has 26 heavy (non-hydrogen) atoms. The minimum atomic E-state index is -0.688. The minimum absolute atomic E-state index is 0.688. The molecule has 1 unspecified atom stereocenters. The van der Waals surface area contributed by atoms with Crippen LogP contribution in [-0.4, -0.2) is 31.5 Å². The lowest BCUT2D eigenvalue weighted by atomic mass is 10.1. The molecule has 0 aliphatic carbocycles. The number of aliphatic hydroxyl groups excluding tert-OH is 1. The highest BCUT2D eigenvalue weighted by atomic mass is 16.5. The van der Waals surface area contributed by atoms with Crippen LogP contribution in [0.15, 0.2) is 40.9 Å². The third kappa shape index (κ3) is 3.30. The number of rotatable bonds is 4. The Morgan fingerprint density at radius 1 is 1.19 bits per heavy atom. The van der Waals surface area contributed by atoms with Gasteiger partial charge in [0.1, 0.15) is 11.9 Å². The van der Waals surface area contributed by atoms with Gasteiger partial charge in [-0.05, 0) is 31.9 Å². The molecule has 1 N–H and O–H groups in total. The van der Waals surface area contributed by atoms with Gasteiger partial charge in [-0.2, -0.15) is 5.10 Å². The second-order valence-electron chi connectivity index (χ2n) is 6.96. The van der Waals surface area contributed by atoms with Crippen LogP contribution < -0.4 is 0 Å². The maximum absolute atomic E-state index is 10.6. The van der Waals surface area contributed by atoms with Gasteiger partial charge in [-0.15, -0.1) is 0 Å². The van der Waals surface area contributed by atoms with E-state index < -0.39 is 6.10 Å². The molecule has 3 aromatic rings. The summed E-state index contributed by atoms with van der Waals surface area (Å²) in [5, 5.41) is 19.4. The molecule has 6 nitrogen and oxygen atoms in total. The Hall–Kier alpha value is -2.44. The lowest BCUT2D eigenvalue weighted by Gasteiger charge is -2.19. The molecule has 1 aliphatic heterocycles. The molecule has 0 spiro atoms. The molecule has 0 fully saturated rings. The number of aromatic nitrogens is 3. The van der Waals surface area contributed by atoms with Gasteiger partial charge in [0, 0.05) is 31.7 Å². The highest BCUT2D eigenvalue weighted by molar-refractivity contribution is 5.27. The average molecular weight is 352 g/mol. The third-order valence-corrected chi connectivity index (χ3v) is 5.07. The molecule has 3 heterocycles. The van der Waals surface area contributed by atoms with Gasteiger partial charge < -0.3 is 9.63 Å². The quantitative estimate of drug-likeness (QED) is 0.782.